The van der Waals surface area contributed by atoms with Gasteiger partial charge in [-0.15, -0.1) is 6.58 Å². The summed E-state index contributed by atoms with van der Waals surface area (Å²) in [5.74, 6) is 0. The van der Waals surface area contributed by atoms with Crippen molar-refractivity contribution in [3.63, 3.8) is 0 Å². The van der Waals surface area contributed by atoms with E-state index in [1.807, 2.05) is 30.3 Å². The minimum atomic E-state index is -1.12. The largest absolute Gasteiger partial charge is 0.390 e. The summed E-state index contributed by atoms with van der Waals surface area (Å²) in [4.78, 5) is 0. The monoisotopic (exact) mass is 340 g/mol. The molecule has 0 unspecified atom stereocenters. The number of rotatable bonds is 13. The Morgan fingerprint density at radius 1 is 1.04 bits per heavy atom. The lowest BCUT2D eigenvalue weighted by atomic mass is 9.96. The summed E-state index contributed by atoms with van der Waals surface area (Å²) in [5.41, 5.74) is 0.763. The van der Waals surface area contributed by atoms with E-state index in [4.69, 9.17) is 18.9 Å². The molecular formula is C18H28O6. The molecule has 0 saturated heterocycles. The number of benzene rings is 1. The average Bonchev–Trinajstić information content (AvgIpc) is 2.60. The van der Waals surface area contributed by atoms with Crippen molar-refractivity contribution in [2.45, 2.75) is 37.3 Å². The fourth-order valence-corrected chi connectivity index (χ4v) is 2.37. The minimum absolute atomic E-state index is 0.0135. The van der Waals surface area contributed by atoms with Gasteiger partial charge in [-0.1, -0.05) is 36.4 Å². The standard InChI is InChI=1S/C18H28O6/c1-4-8-15(23-12-21-2)11-16(19)17(20)18(24-13-22-3)14-9-6-5-7-10-14/h4-7,9-10,15-20H,1,8,11-13H2,2-3H3/t15-,16+,17-,18+/m0/s1. The topological polar surface area (TPSA) is 77.4 Å². The molecule has 0 aliphatic rings. The molecule has 0 aliphatic heterocycles. The molecule has 0 amide bonds. The van der Waals surface area contributed by atoms with Gasteiger partial charge < -0.3 is 29.2 Å². The second kappa shape index (κ2) is 12.1. The Labute approximate surface area is 143 Å². The van der Waals surface area contributed by atoms with Crippen molar-refractivity contribution < 1.29 is 29.2 Å². The molecule has 2 N–H and O–H groups in total. The predicted molar refractivity (Wildman–Crippen MR) is 90.3 cm³/mol. The molecule has 136 valence electrons. The Morgan fingerprint density at radius 2 is 1.67 bits per heavy atom. The van der Waals surface area contributed by atoms with Gasteiger partial charge in [-0.25, -0.2) is 0 Å². The first-order valence-corrected chi connectivity index (χ1v) is 7.87. The van der Waals surface area contributed by atoms with Crippen molar-refractivity contribution >= 4 is 0 Å². The zero-order valence-electron chi connectivity index (χ0n) is 14.3. The fraction of sp³-hybridized carbons (Fsp3) is 0.556. The minimum Gasteiger partial charge on any atom is -0.390 e. The Hall–Kier alpha value is -1.28. The highest BCUT2D eigenvalue weighted by atomic mass is 16.7. The average molecular weight is 340 g/mol. The van der Waals surface area contributed by atoms with E-state index < -0.39 is 18.3 Å². The summed E-state index contributed by atoms with van der Waals surface area (Å²) in [5, 5.41) is 21.0. The number of aliphatic hydroxyl groups is 2. The Balaban J connectivity index is 2.75. The SMILES string of the molecule is C=CC[C@@H](C[C@@H](O)[C@H](O)[C@H](OCOC)c1ccccc1)OCOC. The van der Waals surface area contributed by atoms with Gasteiger partial charge in [-0.2, -0.15) is 0 Å². The van der Waals surface area contributed by atoms with Crippen LogP contribution in [0.15, 0.2) is 43.0 Å². The van der Waals surface area contributed by atoms with Crippen LogP contribution in [0.25, 0.3) is 0 Å². The van der Waals surface area contributed by atoms with Crippen molar-refractivity contribution in [1.29, 1.82) is 0 Å². The smallest absolute Gasteiger partial charge is 0.147 e. The van der Waals surface area contributed by atoms with Crippen molar-refractivity contribution in [2.24, 2.45) is 0 Å². The van der Waals surface area contributed by atoms with E-state index in [1.54, 1.807) is 6.08 Å². The molecule has 0 fully saturated rings. The van der Waals surface area contributed by atoms with Crippen LogP contribution >= 0.6 is 0 Å². The lowest BCUT2D eigenvalue weighted by Gasteiger charge is -2.29. The predicted octanol–water partition coefficient (Wildman–Crippen LogP) is 2.03. The normalized spacial score (nSPS) is 16.3. The van der Waals surface area contributed by atoms with E-state index >= 15 is 0 Å². The second-order valence-electron chi connectivity index (χ2n) is 5.42. The highest BCUT2D eigenvalue weighted by molar-refractivity contribution is 5.19. The Morgan fingerprint density at radius 3 is 2.25 bits per heavy atom. The summed E-state index contributed by atoms with van der Waals surface area (Å²) in [6.45, 7) is 3.81. The third-order valence-corrected chi connectivity index (χ3v) is 3.55. The van der Waals surface area contributed by atoms with Crippen LogP contribution in [0.4, 0.5) is 0 Å². The number of hydrogen-bond acceptors (Lipinski definition) is 6. The van der Waals surface area contributed by atoms with Gasteiger partial charge in [0.2, 0.25) is 0 Å². The van der Waals surface area contributed by atoms with Gasteiger partial charge in [0.05, 0.1) is 12.2 Å². The number of hydrogen-bond donors (Lipinski definition) is 2. The highest BCUT2D eigenvalue weighted by Crippen LogP contribution is 2.25. The molecule has 0 aromatic heterocycles. The molecule has 4 atom stereocenters. The van der Waals surface area contributed by atoms with Crippen LogP contribution in [0.2, 0.25) is 0 Å². The molecule has 0 saturated carbocycles. The van der Waals surface area contributed by atoms with Crippen LogP contribution in [0, 0.1) is 0 Å². The molecule has 0 spiro atoms. The van der Waals surface area contributed by atoms with Gasteiger partial charge in [0, 0.05) is 20.6 Å². The van der Waals surface area contributed by atoms with Gasteiger partial charge in [0.1, 0.15) is 25.8 Å². The Bertz CT molecular complexity index is 438. The first kappa shape index (κ1) is 20.8. The van der Waals surface area contributed by atoms with E-state index in [9.17, 15) is 10.2 Å². The van der Waals surface area contributed by atoms with E-state index in [0.29, 0.717) is 6.42 Å². The van der Waals surface area contributed by atoms with Crippen LogP contribution in [0.1, 0.15) is 24.5 Å². The highest BCUT2D eigenvalue weighted by Gasteiger charge is 2.30. The molecule has 0 aliphatic carbocycles. The maximum atomic E-state index is 10.6. The van der Waals surface area contributed by atoms with Gasteiger partial charge >= 0.3 is 0 Å². The molecule has 1 rings (SSSR count). The van der Waals surface area contributed by atoms with Gasteiger partial charge in [-0.3, -0.25) is 0 Å². The van der Waals surface area contributed by atoms with E-state index in [1.165, 1.54) is 14.2 Å². The number of ether oxygens (including phenoxy) is 4. The van der Waals surface area contributed by atoms with Gasteiger partial charge in [-0.05, 0) is 12.0 Å². The van der Waals surface area contributed by atoms with Crippen LogP contribution in [0.3, 0.4) is 0 Å². The maximum Gasteiger partial charge on any atom is 0.147 e. The zero-order valence-corrected chi connectivity index (χ0v) is 14.3. The quantitative estimate of drug-likeness (QED) is 0.423. The first-order chi connectivity index (χ1) is 11.6. The van der Waals surface area contributed by atoms with Crippen molar-refractivity contribution in [3.05, 3.63) is 48.6 Å². The molecule has 24 heavy (non-hydrogen) atoms. The summed E-state index contributed by atoms with van der Waals surface area (Å²) in [6, 6.07) is 9.23. The number of aliphatic hydroxyl groups excluding tert-OH is 2. The van der Waals surface area contributed by atoms with Gasteiger partial charge in [0.25, 0.3) is 0 Å². The lowest BCUT2D eigenvalue weighted by molar-refractivity contribution is -0.151. The van der Waals surface area contributed by atoms with Crippen LogP contribution < -0.4 is 0 Å². The van der Waals surface area contributed by atoms with Crippen molar-refractivity contribution in [1.82, 2.24) is 0 Å². The second-order valence-corrected chi connectivity index (χ2v) is 5.42. The summed E-state index contributed by atoms with van der Waals surface area (Å²) in [7, 11) is 3.03. The molecule has 6 heteroatoms. The molecule has 1 aromatic rings. The van der Waals surface area contributed by atoms with E-state index in [0.717, 1.165) is 5.56 Å². The Kier molecular flexibility index (Phi) is 10.5. The zero-order chi connectivity index (χ0) is 17.8. The first-order valence-electron chi connectivity index (χ1n) is 7.87. The van der Waals surface area contributed by atoms with Crippen LogP contribution in [-0.2, 0) is 18.9 Å². The molecule has 0 radical (unpaired) electrons. The van der Waals surface area contributed by atoms with E-state index in [-0.39, 0.29) is 26.1 Å². The molecule has 6 nitrogen and oxygen atoms in total. The third-order valence-electron chi connectivity index (χ3n) is 3.55. The molecule has 0 bridgehead atoms. The molecule has 1 aromatic carbocycles. The van der Waals surface area contributed by atoms with Crippen molar-refractivity contribution in [3.8, 4) is 0 Å². The summed E-state index contributed by atoms with van der Waals surface area (Å²) < 4.78 is 20.9. The van der Waals surface area contributed by atoms with E-state index in [2.05, 4.69) is 6.58 Å². The molecular weight excluding hydrogens is 312 g/mol. The fourth-order valence-electron chi connectivity index (χ4n) is 2.37. The van der Waals surface area contributed by atoms with Crippen molar-refractivity contribution in [2.75, 3.05) is 27.8 Å². The lowest BCUT2D eigenvalue weighted by Crippen LogP contribution is -2.37. The maximum absolute atomic E-state index is 10.6. The van der Waals surface area contributed by atoms with Crippen LogP contribution in [0.5, 0.6) is 0 Å². The van der Waals surface area contributed by atoms with Gasteiger partial charge in [0.15, 0.2) is 0 Å². The summed E-state index contributed by atoms with van der Waals surface area (Å²) in [6.07, 6.45) is -0.679. The molecule has 0 heterocycles. The van der Waals surface area contributed by atoms with Crippen LogP contribution in [-0.4, -0.2) is 56.3 Å². The third kappa shape index (κ3) is 7.09. The number of methoxy groups -OCH3 is 2. The summed E-state index contributed by atoms with van der Waals surface area (Å²) >= 11 is 0.